The van der Waals surface area contributed by atoms with Crippen LogP contribution in [0.1, 0.15) is 5.56 Å². The van der Waals surface area contributed by atoms with E-state index in [2.05, 4.69) is 20.7 Å². The van der Waals surface area contributed by atoms with Gasteiger partial charge in [-0.25, -0.2) is 12.8 Å². The first kappa shape index (κ1) is 15.9. The van der Waals surface area contributed by atoms with Gasteiger partial charge in [0.05, 0.1) is 10.6 Å². The Morgan fingerprint density at radius 1 is 1.24 bits per heavy atom. The molecule has 0 atom stereocenters. The van der Waals surface area contributed by atoms with Crippen LogP contribution in [-0.4, -0.2) is 13.4 Å². The van der Waals surface area contributed by atoms with Crippen LogP contribution >= 0.6 is 28.1 Å². The third-order valence-corrected chi connectivity index (χ3v) is 4.95. The van der Waals surface area contributed by atoms with Crippen LogP contribution in [0.5, 0.6) is 0 Å². The quantitative estimate of drug-likeness (QED) is 0.789. The molecular weight excluding hydrogens is 379 g/mol. The molecule has 0 aromatic heterocycles. The number of halogens is 2. The molecule has 0 fully saturated rings. The lowest BCUT2D eigenvalue weighted by Crippen LogP contribution is -2.20. The Morgan fingerprint density at radius 3 is 2.57 bits per heavy atom. The molecule has 110 valence electrons. The highest BCUT2D eigenvalue weighted by Gasteiger charge is 2.20. The molecular formula is C13H10BrFN2O2S2. The Hall–Kier alpha value is -1.51. The number of anilines is 1. The maximum atomic E-state index is 13.2. The van der Waals surface area contributed by atoms with Crippen LogP contribution in [0, 0.1) is 5.82 Å². The van der Waals surface area contributed by atoms with Crippen molar-refractivity contribution in [3.05, 3.63) is 58.3 Å². The first-order valence-electron chi connectivity index (χ1n) is 5.68. The van der Waals surface area contributed by atoms with Gasteiger partial charge < -0.3 is 5.73 Å². The van der Waals surface area contributed by atoms with Crippen LogP contribution in [0.15, 0.2) is 51.8 Å². The Kier molecular flexibility index (Phi) is 4.60. The Bertz CT molecular complexity index is 810. The van der Waals surface area contributed by atoms with Crippen LogP contribution in [0.25, 0.3) is 0 Å². The third-order valence-electron chi connectivity index (χ3n) is 2.61. The zero-order valence-electron chi connectivity index (χ0n) is 10.5. The third kappa shape index (κ3) is 3.58. The average molecular weight is 389 g/mol. The van der Waals surface area contributed by atoms with Gasteiger partial charge in [0.2, 0.25) is 0 Å². The molecule has 2 aromatic rings. The molecule has 4 nitrogen and oxygen atoms in total. The van der Waals surface area contributed by atoms with Crippen molar-refractivity contribution in [2.75, 3.05) is 4.72 Å². The molecule has 0 saturated heterocycles. The summed E-state index contributed by atoms with van der Waals surface area (Å²) < 4.78 is 40.8. The summed E-state index contributed by atoms with van der Waals surface area (Å²) in [5, 5.41) is 0. The minimum Gasteiger partial charge on any atom is -0.389 e. The van der Waals surface area contributed by atoms with E-state index < -0.39 is 15.8 Å². The highest BCUT2D eigenvalue weighted by Crippen LogP contribution is 2.26. The maximum absolute atomic E-state index is 13.2. The molecule has 0 spiro atoms. The minimum atomic E-state index is -3.94. The molecule has 0 saturated carbocycles. The monoisotopic (exact) mass is 388 g/mol. The first-order chi connectivity index (χ1) is 9.81. The van der Waals surface area contributed by atoms with Crippen LogP contribution < -0.4 is 10.5 Å². The van der Waals surface area contributed by atoms with Crippen molar-refractivity contribution < 1.29 is 12.8 Å². The second-order valence-electron chi connectivity index (χ2n) is 4.09. The summed E-state index contributed by atoms with van der Waals surface area (Å²) in [5.41, 5.74) is 5.85. The smallest absolute Gasteiger partial charge is 0.262 e. The summed E-state index contributed by atoms with van der Waals surface area (Å²) in [7, 11) is -3.94. The van der Waals surface area contributed by atoms with Gasteiger partial charge in [0.25, 0.3) is 10.0 Å². The van der Waals surface area contributed by atoms with Gasteiger partial charge in [-0.2, -0.15) is 0 Å². The van der Waals surface area contributed by atoms with E-state index in [0.29, 0.717) is 4.47 Å². The number of benzene rings is 2. The van der Waals surface area contributed by atoms with Crippen molar-refractivity contribution in [2.45, 2.75) is 4.90 Å². The number of rotatable bonds is 4. The Morgan fingerprint density at radius 2 is 1.90 bits per heavy atom. The zero-order valence-corrected chi connectivity index (χ0v) is 13.7. The molecule has 0 heterocycles. The standard InChI is InChI=1S/C13H10BrFN2O2S2/c14-10-6-5-8(15)7-11(10)17-21(18,19)12-4-2-1-3-9(12)13(16)20/h1-7,17H,(H2,16,20). The van der Waals surface area contributed by atoms with E-state index in [4.69, 9.17) is 18.0 Å². The largest absolute Gasteiger partial charge is 0.389 e. The fourth-order valence-electron chi connectivity index (χ4n) is 1.68. The first-order valence-corrected chi connectivity index (χ1v) is 8.36. The number of thiocarbonyl (C=S) groups is 1. The van der Waals surface area contributed by atoms with E-state index in [1.54, 1.807) is 12.1 Å². The molecule has 0 unspecified atom stereocenters. The predicted molar refractivity (Wildman–Crippen MR) is 87.2 cm³/mol. The molecule has 0 aliphatic carbocycles. The van der Waals surface area contributed by atoms with Crippen molar-refractivity contribution in [3.63, 3.8) is 0 Å². The normalized spacial score (nSPS) is 11.1. The van der Waals surface area contributed by atoms with Crippen molar-refractivity contribution in [1.29, 1.82) is 0 Å². The molecule has 0 amide bonds. The van der Waals surface area contributed by atoms with Crippen molar-refractivity contribution in [3.8, 4) is 0 Å². The summed E-state index contributed by atoms with van der Waals surface area (Å²) in [6.45, 7) is 0. The molecule has 2 aromatic carbocycles. The average Bonchev–Trinajstić information content (AvgIpc) is 2.42. The molecule has 0 radical (unpaired) electrons. The molecule has 0 aliphatic rings. The summed E-state index contributed by atoms with van der Waals surface area (Å²) >= 11 is 8.00. The molecule has 3 N–H and O–H groups in total. The highest BCUT2D eigenvalue weighted by atomic mass is 79.9. The van der Waals surface area contributed by atoms with E-state index in [9.17, 15) is 12.8 Å². The van der Waals surface area contributed by atoms with Gasteiger partial charge in [-0.15, -0.1) is 0 Å². The van der Waals surface area contributed by atoms with Crippen molar-refractivity contribution in [1.82, 2.24) is 0 Å². The minimum absolute atomic E-state index is 0.0331. The van der Waals surface area contributed by atoms with Crippen molar-refractivity contribution in [2.24, 2.45) is 5.73 Å². The molecule has 0 bridgehead atoms. The van der Waals surface area contributed by atoms with Crippen LogP contribution in [0.2, 0.25) is 0 Å². The van der Waals surface area contributed by atoms with Gasteiger partial charge in [0, 0.05) is 10.0 Å². The second kappa shape index (κ2) is 6.08. The lowest BCUT2D eigenvalue weighted by Gasteiger charge is -2.12. The van der Waals surface area contributed by atoms with Gasteiger partial charge in [-0.05, 0) is 40.2 Å². The van der Waals surface area contributed by atoms with E-state index in [1.165, 1.54) is 24.3 Å². The summed E-state index contributed by atoms with van der Waals surface area (Å²) in [6, 6.07) is 9.77. The molecule has 0 aliphatic heterocycles. The Labute approximate surface area is 135 Å². The summed E-state index contributed by atoms with van der Waals surface area (Å²) in [6.07, 6.45) is 0. The molecule has 21 heavy (non-hydrogen) atoms. The van der Waals surface area contributed by atoms with Crippen LogP contribution in [0.3, 0.4) is 0 Å². The fraction of sp³-hybridized carbons (Fsp3) is 0. The van der Waals surface area contributed by atoms with Gasteiger partial charge in [0.15, 0.2) is 0 Å². The lowest BCUT2D eigenvalue weighted by molar-refractivity contribution is 0.601. The van der Waals surface area contributed by atoms with E-state index in [1.807, 2.05) is 0 Å². The molecule has 2 rings (SSSR count). The Balaban J connectivity index is 2.49. The number of nitrogens with two attached hydrogens (primary N) is 1. The van der Waals surface area contributed by atoms with Gasteiger partial charge >= 0.3 is 0 Å². The number of hydrogen-bond donors (Lipinski definition) is 2. The van der Waals surface area contributed by atoms with E-state index >= 15 is 0 Å². The maximum Gasteiger partial charge on any atom is 0.262 e. The second-order valence-corrected chi connectivity index (χ2v) is 7.04. The summed E-state index contributed by atoms with van der Waals surface area (Å²) in [5.74, 6) is -0.557. The SMILES string of the molecule is NC(=S)c1ccccc1S(=O)(=O)Nc1cc(F)ccc1Br. The lowest BCUT2D eigenvalue weighted by atomic mass is 10.2. The highest BCUT2D eigenvalue weighted by molar-refractivity contribution is 9.10. The van der Waals surface area contributed by atoms with Gasteiger partial charge in [-0.1, -0.05) is 30.4 Å². The van der Waals surface area contributed by atoms with Crippen LogP contribution in [0.4, 0.5) is 10.1 Å². The fourth-order valence-corrected chi connectivity index (χ4v) is 3.69. The van der Waals surface area contributed by atoms with Crippen molar-refractivity contribution >= 4 is 48.8 Å². The van der Waals surface area contributed by atoms with E-state index in [0.717, 1.165) is 6.07 Å². The molecule has 8 heteroatoms. The van der Waals surface area contributed by atoms with Gasteiger partial charge in [0.1, 0.15) is 10.8 Å². The topological polar surface area (TPSA) is 72.2 Å². The number of nitrogens with one attached hydrogen (secondary N) is 1. The van der Waals surface area contributed by atoms with E-state index in [-0.39, 0.29) is 21.1 Å². The number of sulfonamides is 1. The van der Waals surface area contributed by atoms with Crippen LogP contribution in [-0.2, 0) is 10.0 Å². The number of hydrogen-bond acceptors (Lipinski definition) is 3. The predicted octanol–water partition coefficient (Wildman–Crippen LogP) is 3.02. The van der Waals surface area contributed by atoms with Gasteiger partial charge in [-0.3, -0.25) is 4.72 Å². The summed E-state index contributed by atoms with van der Waals surface area (Å²) in [4.78, 5) is -0.0945. The zero-order chi connectivity index (χ0) is 15.6.